The molecule has 1 saturated carbocycles. The Morgan fingerprint density at radius 1 is 1.53 bits per heavy atom. The highest BCUT2D eigenvalue weighted by Gasteiger charge is 2.28. The molecule has 1 amide bonds. The zero-order chi connectivity index (χ0) is 13.4. The lowest BCUT2D eigenvalue weighted by atomic mass is 10.3. The molecule has 0 atom stereocenters. The van der Waals surface area contributed by atoms with Crippen molar-refractivity contribution in [2.24, 2.45) is 7.05 Å². The summed E-state index contributed by atoms with van der Waals surface area (Å²) in [5.41, 5.74) is 2.72. The molecule has 0 spiro atoms. The number of ether oxygens (including phenoxy) is 1. The van der Waals surface area contributed by atoms with Crippen LogP contribution in [0.5, 0.6) is 0 Å². The fourth-order valence-electron chi connectivity index (χ4n) is 2.29. The van der Waals surface area contributed by atoms with Gasteiger partial charge in [-0.2, -0.15) is 0 Å². The van der Waals surface area contributed by atoms with E-state index in [2.05, 4.69) is 14.9 Å². The molecule has 1 N–H and O–H groups in total. The predicted molar refractivity (Wildman–Crippen MR) is 73.3 cm³/mol. The molecule has 1 aliphatic carbocycles. The number of rotatable bonds is 3. The van der Waals surface area contributed by atoms with Gasteiger partial charge < -0.3 is 9.30 Å². The van der Waals surface area contributed by atoms with Crippen molar-refractivity contribution in [2.45, 2.75) is 25.7 Å². The number of hydrogen-bond acceptors (Lipinski definition) is 3. The summed E-state index contributed by atoms with van der Waals surface area (Å²) in [4.78, 5) is 16.0. The first-order chi connectivity index (χ1) is 9.19. The third-order valence-electron chi connectivity index (χ3n) is 3.38. The molecule has 0 radical (unpaired) electrons. The summed E-state index contributed by atoms with van der Waals surface area (Å²) in [5, 5.41) is 2.70. The minimum absolute atomic E-state index is 0.365. The first-order valence-corrected chi connectivity index (χ1v) is 6.59. The van der Waals surface area contributed by atoms with Crippen LogP contribution in [-0.4, -0.2) is 22.3 Å². The van der Waals surface area contributed by atoms with Gasteiger partial charge in [0.25, 0.3) is 0 Å². The van der Waals surface area contributed by atoms with E-state index in [4.69, 9.17) is 4.74 Å². The van der Waals surface area contributed by atoms with Crippen LogP contribution in [0.3, 0.4) is 0 Å². The molecule has 0 aliphatic heterocycles. The van der Waals surface area contributed by atoms with Crippen LogP contribution < -0.4 is 5.32 Å². The van der Waals surface area contributed by atoms with Crippen molar-refractivity contribution in [1.29, 1.82) is 0 Å². The molecule has 5 heteroatoms. The highest BCUT2D eigenvalue weighted by atomic mass is 16.5. The SMILES string of the molecule is CCOC(=O)Nc1ccc2c(c1)nc(C1CC1)n2C. The molecule has 100 valence electrons. The van der Waals surface area contributed by atoms with Gasteiger partial charge in [-0.1, -0.05) is 0 Å². The summed E-state index contributed by atoms with van der Waals surface area (Å²) in [5.74, 6) is 1.75. The molecule has 0 saturated heterocycles. The molecule has 0 bridgehead atoms. The maximum atomic E-state index is 11.4. The van der Waals surface area contributed by atoms with E-state index >= 15 is 0 Å². The topological polar surface area (TPSA) is 56.1 Å². The predicted octanol–water partition coefficient (Wildman–Crippen LogP) is 3.02. The van der Waals surface area contributed by atoms with E-state index in [9.17, 15) is 4.79 Å². The third kappa shape index (κ3) is 2.28. The van der Waals surface area contributed by atoms with Crippen LogP contribution in [0.2, 0.25) is 0 Å². The van der Waals surface area contributed by atoms with Crippen molar-refractivity contribution in [2.75, 3.05) is 11.9 Å². The molecule has 1 aromatic heterocycles. The number of aromatic nitrogens is 2. The second-order valence-corrected chi connectivity index (χ2v) is 4.85. The van der Waals surface area contributed by atoms with E-state index in [0.717, 1.165) is 16.9 Å². The van der Waals surface area contributed by atoms with Crippen LogP contribution >= 0.6 is 0 Å². The van der Waals surface area contributed by atoms with E-state index in [1.807, 2.05) is 25.2 Å². The van der Waals surface area contributed by atoms with E-state index in [-0.39, 0.29) is 0 Å². The highest BCUT2D eigenvalue weighted by Crippen LogP contribution is 2.40. The van der Waals surface area contributed by atoms with Crippen molar-refractivity contribution in [3.8, 4) is 0 Å². The third-order valence-corrected chi connectivity index (χ3v) is 3.38. The van der Waals surface area contributed by atoms with Gasteiger partial charge in [0.1, 0.15) is 5.82 Å². The number of amides is 1. The summed E-state index contributed by atoms with van der Waals surface area (Å²) in [6.45, 7) is 2.15. The quantitative estimate of drug-likeness (QED) is 0.921. The molecule has 1 heterocycles. The van der Waals surface area contributed by atoms with E-state index in [0.29, 0.717) is 18.2 Å². The number of fused-ring (bicyclic) bond motifs is 1. The van der Waals surface area contributed by atoms with Crippen molar-refractivity contribution in [1.82, 2.24) is 9.55 Å². The molecular formula is C14H17N3O2. The van der Waals surface area contributed by atoms with Gasteiger partial charge in [-0.05, 0) is 38.0 Å². The number of carbonyl (C=O) groups excluding carboxylic acids is 1. The van der Waals surface area contributed by atoms with Gasteiger partial charge in [-0.15, -0.1) is 0 Å². The van der Waals surface area contributed by atoms with Crippen LogP contribution in [0, 0.1) is 0 Å². The lowest BCUT2D eigenvalue weighted by Gasteiger charge is -2.05. The average molecular weight is 259 g/mol. The van der Waals surface area contributed by atoms with Gasteiger partial charge in [0, 0.05) is 18.7 Å². The minimum Gasteiger partial charge on any atom is -0.450 e. The highest BCUT2D eigenvalue weighted by molar-refractivity contribution is 5.89. The van der Waals surface area contributed by atoms with E-state index in [1.54, 1.807) is 6.92 Å². The Morgan fingerprint density at radius 2 is 2.32 bits per heavy atom. The number of nitrogens with zero attached hydrogens (tertiary/aromatic N) is 2. The molecule has 1 aliphatic rings. The van der Waals surface area contributed by atoms with Crippen molar-refractivity contribution >= 4 is 22.8 Å². The van der Waals surface area contributed by atoms with Crippen molar-refractivity contribution in [3.05, 3.63) is 24.0 Å². The number of hydrogen-bond donors (Lipinski definition) is 1. The molecule has 0 unspecified atom stereocenters. The number of nitrogens with one attached hydrogen (secondary N) is 1. The summed E-state index contributed by atoms with van der Waals surface area (Å²) in [6.07, 6.45) is 2.02. The van der Waals surface area contributed by atoms with Crippen LogP contribution in [0.1, 0.15) is 31.5 Å². The number of anilines is 1. The fraction of sp³-hybridized carbons (Fsp3) is 0.429. The second kappa shape index (κ2) is 4.57. The Morgan fingerprint density at radius 3 is 3.00 bits per heavy atom. The van der Waals surface area contributed by atoms with Crippen molar-refractivity contribution < 1.29 is 9.53 Å². The Bertz CT molecular complexity index is 629. The van der Waals surface area contributed by atoms with Gasteiger partial charge in [-0.3, -0.25) is 5.32 Å². The maximum Gasteiger partial charge on any atom is 0.411 e. The summed E-state index contributed by atoms with van der Waals surface area (Å²) >= 11 is 0. The zero-order valence-corrected chi connectivity index (χ0v) is 11.1. The summed E-state index contributed by atoms with van der Waals surface area (Å²) in [7, 11) is 2.04. The second-order valence-electron chi connectivity index (χ2n) is 4.85. The first-order valence-electron chi connectivity index (χ1n) is 6.59. The summed E-state index contributed by atoms with van der Waals surface area (Å²) < 4.78 is 7.00. The molecular weight excluding hydrogens is 242 g/mol. The number of carbonyl (C=O) groups is 1. The van der Waals surface area contributed by atoms with Crippen molar-refractivity contribution in [3.63, 3.8) is 0 Å². The molecule has 2 aromatic rings. The largest absolute Gasteiger partial charge is 0.450 e. The number of aryl methyl sites for hydroxylation is 1. The molecule has 1 fully saturated rings. The number of benzene rings is 1. The van der Waals surface area contributed by atoms with Gasteiger partial charge in [0.05, 0.1) is 17.6 Å². The lowest BCUT2D eigenvalue weighted by molar-refractivity contribution is 0.168. The molecule has 1 aromatic carbocycles. The van der Waals surface area contributed by atoms with Gasteiger partial charge >= 0.3 is 6.09 Å². The normalized spacial score (nSPS) is 14.6. The standard InChI is InChI=1S/C14H17N3O2/c1-3-19-14(18)15-10-6-7-12-11(8-10)16-13(17(12)2)9-4-5-9/h6-9H,3-5H2,1-2H3,(H,15,18). The van der Waals surface area contributed by atoms with Gasteiger partial charge in [0.2, 0.25) is 0 Å². The van der Waals surface area contributed by atoms with Crippen LogP contribution in [0.15, 0.2) is 18.2 Å². The Kier molecular flexibility index (Phi) is 2.89. The fourth-order valence-corrected chi connectivity index (χ4v) is 2.29. The van der Waals surface area contributed by atoms with Crippen LogP contribution in [0.4, 0.5) is 10.5 Å². The molecule has 19 heavy (non-hydrogen) atoms. The zero-order valence-electron chi connectivity index (χ0n) is 11.1. The Labute approximate surface area is 111 Å². The minimum atomic E-state index is -0.430. The molecule has 5 nitrogen and oxygen atoms in total. The summed E-state index contributed by atoms with van der Waals surface area (Å²) in [6, 6.07) is 5.74. The van der Waals surface area contributed by atoms with Crippen LogP contribution in [-0.2, 0) is 11.8 Å². The first kappa shape index (κ1) is 12.0. The van der Waals surface area contributed by atoms with Gasteiger partial charge in [-0.25, -0.2) is 9.78 Å². The smallest absolute Gasteiger partial charge is 0.411 e. The Hall–Kier alpha value is -2.04. The monoisotopic (exact) mass is 259 g/mol. The molecule has 3 rings (SSSR count). The van der Waals surface area contributed by atoms with Crippen LogP contribution in [0.25, 0.3) is 11.0 Å². The van der Waals surface area contributed by atoms with E-state index in [1.165, 1.54) is 12.8 Å². The van der Waals surface area contributed by atoms with E-state index < -0.39 is 6.09 Å². The Balaban J connectivity index is 1.90. The maximum absolute atomic E-state index is 11.4. The van der Waals surface area contributed by atoms with Gasteiger partial charge in [0.15, 0.2) is 0 Å². The number of imidazole rings is 1. The average Bonchev–Trinajstić information content (AvgIpc) is 3.16. The lowest BCUT2D eigenvalue weighted by Crippen LogP contribution is -2.13.